The van der Waals surface area contributed by atoms with E-state index < -0.39 is 0 Å². The number of guanidine groups is 1. The summed E-state index contributed by atoms with van der Waals surface area (Å²) in [7, 11) is 0. The summed E-state index contributed by atoms with van der Waals surface area (Å²) in [4.78, 5) is 6.36. The molecule has 0 saturated heterocycles. The maximum atomic E-state index is 13.4. The molecule has 0 bridgehead atoms. The van der Waals surface area contributed by atoms with Crippen LogP contribution >= 0.6 is 15.9 Å². The highest BCUT2D eigenvalue weighted by atomic mass is 79.9. The first-order valence-electron chi connectivity index (χ1n) is 6.07. The second kappa shape index (κ2) is 5.26. The lowest BCUT2D eigenvalue weighted by molar-refractivity contribution is 0.267. The number of halogens is 2. The van der Waals surface area contributed by atoms with Gasteiger partial charge in [-0.25, -0.2) is 4.39 Å². The second-order valence-corrected chi connectivity index (χ2v) is 5.40. The molecule has 0 radical (unpaired) electrons. The summed E-state index contributed by atoms with van der Waals surface area (Å²) in [5, 5.41) is 0. The fourth-order valence-electron chi connectivity index (χ4n) is 2.26. The van der Waals surface area contributed by atoms with Crippen molar-refractivity contribution in [1.29, 1.82) is 0 Å². The van der Waals surface area contributed by atoms with Gasteiger partial charge in [-0.2, -0.15) is 0 Å². The van der Waals surface area contributed by atoms with Crippen LogP contribution in [0.15, 0.2) is 27.7 Å². The molecule has 3 nitrogen and oxygen atoms in total. The quantitative estimate of drug-likeness (QED) is 0.931. The number of hydrogen-bond donors (Lipinski definition) is 1. The number of benzene rings is 1. The number of aliphatic imine (C=N–C) groups is 1. The van der Waals surface area contributed by atoms with Crippen molar-refractivity contribution in [2.45, 2.75) is 32.4 Å². The zero-order valence-electron chi connectivity index (χ0n) is 10.5. The molecular formula is C13H17BrFN3. The van der Waals surface area contributed by atoms with Crippen LogP contribution in [0.3, 0.4) is 0 Å². The fraction of sp³-hybridized carbons (Fsp3) is 0.462. The van der Waals surface area contributed by atoms with E-state index in [-0.39, 0.29) is 17.9 Å². The highest BCUT2D eigenvalue weighted by Gasteiger charge is 2.31. The van der Waals surface area contributed by atoms with Crippen LogP contribution in [0.25, 0.3) is 0 Å². The first kappa shape index (κ1) is 13.3. The second-order valence-electron chi connectivity index (χ2n) is 4.55. The van der Waals surface area contributed by atoms with E-state index in [1.165, 1.54) is 6.07 Å². The van der Waals surface area contributed by atoms with Gasteiger partial charge in [0.15, 0.2) is 5.96 Å². The molecule has 1 aromatic carbocycles. The Labute approximate surface area is 115 Å². The molecule has 1 aliphatic rings. The van der Waals surface area contributed by atoms with Crippen molar-refractivity contribution in [2.24, 2.45) is 10.7 Å². The maximum absolute atomic E-state index is 13.4. The molecule has 0 saturated carbocycles. The van der Waals surface area contributed by atoms with Crippen LogP contribution in [0.5, 0.6) is 0 Å². The number of rotatable bonds is 3. The molecule has 1 aromatic rings. The van der Waals surface area contributed by atoms with E-state index in [2.05, 4.69) is 39.7 Å². The molecule has 1 aliphatic heterocycles. The van der Waals surface area contributed by atoms with Crippen LogP contribution in [-0.4, -0.2) is 23.4 Å². The Morgan fingerprint density at radius 2 is 2.33 bits per heavy atom. The largest absolute Gasteiger partial charge is 0.370 e. The molecule has 0 spiro atoms. The van der Waals surface area contributed by atoms with Gasteiger partial charge in [-0.1, -0.05) is 22.9 Å². The summed E-state index contributed by atoms with van der Waals surface area (Å²) in [5.74, 6) is 0.313. The van der Waals surface area contributed by atoms with Crippen molar-refractivity contribution in [3.63, 3.8) is 0 Å². The van der Waals surface area contributed by atoms with Crippen LogP contribution in [0.1, 0.15) is 31.9 Å². The third-order valence-corrected chi connectivity index (χ3v) is 4.13. The van der Waals surface area contributed by atoms with Gasteiger partial charge in [-0.15, -0.1) is 0 Å². The van der Waals surface area contributed by atoms with Crippen molar-refractivity contribution >= 4 is 21.9 Å². The third kappa shape index (κ3) is 2.36. The topological polar surface area (TPSA) is 41.6 Å². The van der Waals surface area contributed by atoms with Gasteiger partial charge in [0.05, 0.1) is 12.6 Å². The molecule has 2 atom stereocenters. The number of hydrogen-bond acceptors (Lipinski definition) is 3. The monoisotopic (exact) mass is 313 g/mol. The molecular weight excluding hydrogens is 297 g/mol. The lowest BCUT2D eigenvalue weighted by atomic mass is 10.0. The van der Waals surface area contributed by atoms with E-state index in [4.69, 9.17) is 5.73 Å². The summed E-state index contributed by atoms with van der Waals surface area (Å²) >= 11 is 3.47. The minimum atomic E-state index is -0.234. The zero-order valence-corrected chi connectivity index (χ0v) is 12.1. The first-order valence-corrected chi connectivity index (χ1v) is 6.87. The normalized spacial score (nSPS) is 21.0. The summed E-state index contributed by atoms with van der Waals surface area (Å²) in [5.41, 5.74) is 6.84. The molecule has 5 heteroatoms. The SMILES string of the molecule is CCC(C)N1C(N)=NCC1c1cc(F)ccc1Br. The summed E-state index contributed by atoms with van der Waals surface area (Å²) < 4.78 is 14.3. The Balaban J connectivity index is 2.36. The van der Waals surface area contributed by atoms with Gasteiger partial charge in [0.25, 0.3) is 0 Å². The summed E-state index contributed by atoms with van der Waals surface area (Å²) in [6.07, 6.45) is 0.972. The Bertz CT molecular complexity index is 475. The minimum Gasteiger partial charge on any atom is -0.370 e. The van der Waals surface area contributed by atoms with Gasteiger partial charge < -0.3 is 10.6 Å². The van der Waals surface area contributed by atoms with Gasteiger partial charge in [0.2, 0.25) is 0 Å². The smallest absolute Gasteiger partial charge is 0.192 e. The predicted octanol–water partition coefficient (Wildman–Crippen LogP) is 3.06. The lowest BCUT2D eigenvalue weighted by Crippen LogP contribution is -2.42. The highest BCUT2D eigenvalue weighted by molar-refractivity contribution is 9.10. The average molecular weight is 314 g/mol. The van der Waals surface area contributed by atoms with Crippen LogP contribution in [0, 0.1) is 5.82 Å². The Morgan fingerprint density at radius 1 is 1.61 bits per heavy atom. The molecule has 1 heterocycles. The molecule has 2 N–H and O–H groups in total. The first-order chi connectivity index (χ1) is 8.54. The third-order valence-electron chi connectivity index (χ3n) is 3.41. The van der Waals surface area contributed by atoms with Gasteiger partial charge >= 0.3 is 0 Å². The van der Waals surface area contributed by atoms with Crippen molar-refractivity contribution in [3.8, 4) is 0 Å². The van der Waals surface area contributed by atoms with E-state index in [1.54, 1.807) is 12.1 Å². The number of nitrogens with two attached hydrogens (primary N) is 1. The van der Waals surface area contributed by atoms with E-state index in [0.717, 1.165) is 16.5 Å². The maximum Gasteiger partial charge on any atom is 0.192 e. The van der Waals surface area contributed by atoms with Crippen molar-refractivity contribution in [1.82, 2.24) is 4.90 Å². The lowest BCUT2D eigenvalue weighted by Gasteiger charge is -2.32. The molecule has 2 rings (SSSR count). The standard InChI is InChI=1S/C13H17BrFN3/c1-3-8(2)18-12(7-17-13(18)16)10-6-9(15)4-5-11(10)14/h4-6,8,12H,3,7H2,1-2H3,(H2,16,17). The predicted molar refractivity (Wildman–Crippen MR) is 74.9 cm³/mol. The highest BCUT2D eigenvalue weighted by Crippen LogP contribution is 2.33. The molecule has 0 fully saturated rings. The molecule has 0 aromatic heterocycles. The van der Waals surface area contributed by atoms with Crippen molar-refractivity contribution in [3.05, 3.63) is 34.1 Å². The van der Waals surface area contributed by atoms with Crippen molar-refractivity contribution < 1.29 is 4.39 Å². The van der Waals surface area contributed by atoms with Crippen LogP contribution in [0.2, 0.25) is 0 Å². The van der Waals surface area contributed by atoms with Gasteiger partial charge in [0.1, 0.15) is 5.82 Å². The molecule has 98 valence electrons. The average Bonchev–Trinajstić information content (AvgIpc) is 2.73. The Morgan fingerprint density at radius 3 is 3.00 bits per heavy atom. The molecule has 18 heavy (non-hydrogen) atoms. The molecule has 2 unspecified atom stereocenters. The van der Waals surface area contributed by atoms with Gasteiger partial charge in [-0.3, -0.25) is 4.99 Å². The zero-order chi connectivity index (χ0) is 13.3. The number of nitrogens with zero attached hydrogens (tertiary/aromatic N) is 2. The molecule has 0 aliphatic carbocycles. The molecule has 0 amide bonds. The summed E-state index contributed by atoms with van der Waals surface area (Å²) in [6.45, 7) is 4.79. The minimum absolute atomic E-state index is 0.0185. The van der Waals surface area contributed by atoms with Crippen LogP contribution < -0.4 is 5.73 Å². The Kier molecular flexibility index (Phi) is 3.90. The fourth-order valence-corrected chi connectivity index (χ4v) is 2.77. The van der Waals surface area contributed by atoms with Crippen LogP contribution in [0.4, 0.5) is 4.39 Å². The van der Waals surface area contributed by atoms with Gasteiger partial charge in [-0.05, 0) is 37.1 Å². The van der Waals surface area contributed by atoms with E-state index in [9.17, 15) is 4.39 Å². The van der Waals surface area contributed by atoms with Crippen molar-refractivity contribution in [2.75, 3.05) is 6.54 Å². The van der Waals surface area contributed by atoms with E-state index in [1.807, 2.05) is 0 Å². The Hall–Kier alpha value is -1.10. The summed E-state index contributed by atoms with van der Waals surface area (Å²) in [6, 6.07) is 5.04. The van der Waals surface area contributed by atoms with Gasteiger partial charge in [0, 0.05) is 10.5 Å². The van der Waals surface area contributed by atoms with Crippen LogP contribution in [-0.2, 0) is 0 Å². The van der Waals surface area contributed by atoms with E-state index >= 15 is 0 Å². The van der Waals surface area contributed by atoms with E-state index in [0.29, 0.717) is 12.5 Å².